The molecule has 0 unspecified atom stereocenters. The van der Waals surface area contributed by atoms with Crippen LogP contribution < -0.4 is 0 Å². The smallest absolute Gasteiger partial charge is 0.340 e. The third-order valence-corrected chi connectivity index (χ3v) is 8.16. The predicted octanol–water partition coefficient (Wildman–Crippen LogP) is 3.09. The Balaban J connectivity index is 1.35. The minimum atomic E-state index is -3.60. The van der Waals surface area contributed by atoms with Crippen molar-refractivity contribution in [1.29, 1.82) is 0 Å². The highest BCUT2D eigenvalue weighted by Gasteiger charge is 2.30. The van der Waals surface area contributed by atoms with Gasteiger partial charge in [-0.3, -0.25) is 4.79 Å². The lowest BCUT2D eigenvalue weighted by Crippen LogP contribution is -2.51. The van der Waals surface area contributed by atoms with Crippen molar-refractivity contribution in [2.24, 2.45) is 0 Å². The number of carbonyl (C=O) groups excluding carboxylic acids is 2. The van der Waals surface area contributed by atoms with Crippen molar-refractivity contribution in [3.8, 4) is 5.69 Å². The zero-order valence-electron chi connectivity index (χ0n) is 20.1. The number of aromatic nitrogens is 1. The molecule has 1 aliphatic rings. The van der Waals surface area contributed by atoms with E-state index >= 15 is 0 Å². The topological polar surface area (TPSA) is 88.9 Å². The molecular weight excluding hydrogens is 466 g/mol. The second-order valence-corrected chi connectivity index (χ2v) is 10.6. The number of amides is 1. The van der Waals surface area contributed by atoms with E-state index < -0.39 is 22.6 Å². The van der Waals surface area contributed by atoms with Crippen LogP contribution in [-0.2, 0) is 19.6 Å². The predicted molar refractivity (Wildman–Crippen MR) is 132 cm³/mol. The van der Waals surface area contributed by atoms with Crippen LogP contribution in [0.25, 0.3) is 5.69 Å². The monoisotopic (exact) mass is 495 g/mol. The van der Waals surface area contributed by atoms with Crippen molar-refractivity contribution < 1.29 is 22.7 Å². The van der Waals surface area contributed by atoms with Crippen molar-refractivity contribution in [3.63, 3.8) is 0 Å². The minimum absolute atomic E-state index is 0.189. The third-order valence-electron chi connectivity index (χ3n) is 6.24. The van der Waals surface area contributed by atoms with E-state index in [1.165, 1.54) is 9.21 Å². The van der Waals surface area contributed by atoms with Gasteiger partial charge in [0, 0.05) is 43.3 Å². The van der Waals surface area contributed by atoms with Crippen molar-refractivity contribution in [2.75, 3.05) is 32.8 Å². The van der Waals surface area contributed by atoms with E-state index in [-0.39, 0.29) is 37.0 Å². The summed E-state index contributed by atoms with van der Waals surface area (Å²) in [6, 6.07) is 18.0. The summed E-state index contributed by atoms with van der Waals surface area (Å²) in [5, 5.41) is 0. The first-order valence-corrected chi connectivity index (χ1v) is 12.9. The number of piperazine rings is 1. The lowest BCUT2D eigenvalue weighted by Gasteiger charge is -2.33. The first kappa shape index (κ1) is 24.7. The molecule has 0 spiro atoms. The standard InChI is InChI=1S/C26H29N3O5S/c1-19-9-11-22(12-10-19)29-20(2)17-24(21(29)3)26(31)34-18-25(30)27-13-15-28(16-14-27)35(32,33)23-7-5-4-6-8-23/h4-12,17H,13-16,18H2,1-3H3. The summed E-state index contributed by atoms with van der Waals surface area (Å²) < 4.78 is 34.2. The number of esters is 1. The van der Waals surface area contributed by atoms with E-state index in [1.54, 1.807) is 36.4 Å². The van der Waals surface area contributed by atoms with Gasteiger partial charge in [0.2, 0.25) is 10.0 Å². The third kappa shape index (κ3) is 5.16. The van der Waals surface area contributed by atoms with Crippen LogP contribution in [0, 0.1) is 20.8 Å². The van der Waals surface area contributed by atoms with Gasteiger partial charge in [0.25, 0.3) is 5.91 Å². The van der Waals surface area contributed by atoms with Crippen molar-refractivity contribution in [3.05, 3.63) is 83.2 Å². The maximum Gasteiger partial charge on any atom is 0.340 e. The first-order chi connectivity index (χ1) is 16.7. The molecule has 0 atom stereocenters. The summed E-state index contributed by atoms with van der Waals surface area (Å²) in [5.41, 5.74) is 4.13. The van der Waals surface area contributed by atoms with Gasteiger partial charge in [-0.25, -0.2) is 13.2 Å². The quantitative estimate of drug-likeness (QED) is 0.491. The number of rotatable bonds is 6. The van der Waals surface area contributed by atoms with Crippen molar-refractivity contribution in [1.82, 2.24) is 13.8 Å². The van der Waals surface area contributed by atoms with E-state index in [1.807, 2.05) is 49.6 Å². The largest absolute Gasteiger partial charge is 0.452 e. The molecule has 9 heteroatoms. The normalized spacial score (nSPS) is 14.7. The first-order valence-electron chi connectivity index (χ1n) is 11.4. The Bertz CT molecular complexity index is 1320. The zero-order chi connectivity index (χ0) is 25.2. The molecule has 2 heterocycles. The van der Waals surface area contributed by atoms with Gasteiger partial charge in [-0.2, -0.15) is 4.31 Å². The number of hydrogen-bond donors (Lipinski definition) is 0. The average Bonchev–Trinajstić information content (AvgIpc) is 3.17. The lowest BCUT2D eigenvalue weighted by atomic mass is 10.2. The molecule has 0 N–H and O–H groups in total. The SMILES string of the molecule is Cc1ccc(-n2c(C)cc(C(=O)OCC(=O)N3CCN(S(=O)(=O)c4ccccc4)CC3)c2C)cc1. The second-order valence-electron chi connectivity index (χ2n) is 8.63. The molecule has 1 saturated heterocycles. The number of ether oxygens (including phenoxy) is 1. The van der Waals surface area contributed by atoms with E-state index in [4.69, 9.17) is 4.74 Å². The van der Waals surface area contributed by atoms with Gasteiger partial charge in [0.1, 0.15) is 0 Å². The van der Waals surface area contributed by atoms with Crippen LogP contribution in [-0.4, -0.2) is 66.9 Å². The van der Waals surface area contributed by atoms with E-state index in [0.29, 0.717) is 5.56 Å². The maximum atomic E-state index is 12.8. The molecule has 184 valence electrons. The number of benzene rings is 2. The second kappa shape index (κ2) is 10.1. The lowest BCUT2D eigenvalue weighted by molar-refractivity contribution is -0.135. The van der Waals surface area contributed by atoms with Crippen LogP contribution in [0.3, 0.4) is 0 Å². The van der Waals surface area contributed by atoms with Crippen LogP contribution in [0.15, 0.2) is 65.6 Å². The van der Waals surface area contributed by atoms with Gasteiger partial charge in [-0.15, -0.1) is 0 Å². The highest BCUT2D eigenvalue weighted by Crippen LogP contribution is 2.22. The van der Waals surface area contributed by atoms with Crippen LogP contribution >= 0.6 is 0 Å². The molecular formula is C26H29N3O5S. The summed E-state index contributed by atoms with van der Waals surface area (Å²) in [5.74, 6) is -0.905. The molecule has 3 aromatic rings. The van der Waals surface area contributed by atoms with E-state index in [9.17, 15) is 18.0 Å². The minimum Gasteiger partial charge on any atom is -0.452 e. The molecule has 4 rings (SSSR count). The van der Waals surface area contributed by atoms with Crippen LogP contribution in [0.1, 0.15) is 27.3 Å². The molecule has 0 aliphatic carbocycles. The highest BCUT2D eigenvalue weighted by molar-refractivity contribution is 7.89. The molecule has 8 nitrogen and oxygen atoms in total. The molecule has 35 heavy (non-hydrogen) atoms. The highest BCUT2D eigenvalue weighted by atomic mass is 32.2. The zero-order valence-corrected chi connectivity index (χ0v) is 20.9. The van der Waals surface area contributed by atoms with Gasteiger partial charge < -0.3 is 14.2 Å². The Morgan fingerprint density at radius 2 is 1.51 bits per heavy atom. The fraction of sp³-hybridized carbons (Fsp3) is 0.308. The molecule has 2 aromatic carbocycles. The van der Waals surface area contributed by atoms with E-state index in [0.717, 1.165) is 22.6 Å². The van der Waals surface area contributed by atoms with Gasteiger partial charge in [-0.1, -0.05) is 35.9 Å². The van der Waals surface area contributed by atoms with Crippen molar-refractivity contribution in [2.45, 2.75) is 25.7 Å². The summed E-state index contributed by atoms with van der Waals surface area (Å²) in [7, 11) is -3.60. The molecule has 0 saturated carbocycles. The molecule has 0 radical (unpaired) electrons. The Morgan fingerprint density at radius 3 is 2.14 bits per heavy atom. The number of aryl methyl sites for hydroxylation is 2. The molecule has 1 aliphatic heterocycles. The number of carbonyl (C=O) groups is 2. The number of nitrogens with zero attached hydrogens (tertiary/aromatic N) is 3. The van der Waals surface area contributed by atoms with Gasteiger partial charge in [0.15, 0.2) is 6.61 Å². The fourth-order valence-electron chi connectivity index (χ4n) is 4.28. The average molecular weight is 496 g/mol. The number of sulfonamides is 1. The Hall–Kier alpha value is -3.43. The van der Waals surface area contributed by atoms with Crippen molar-refractivity contribution >= 4 is 21.9 Å². The Labute approximate surface area is 205 Å². The maximum absolute atomic E-state index is 12.8. The van der Waals surface area contributed by atoms with Crippen LogP contribution in [0.4, 0.5) is 0 Å². The van der Waals surface area contributed by atoms with E-state index in [2.05, 4.69) is 0 Å². The summed E-state index contributed by atoms with van der Waals surface area (Å²) in [4.78, 5) is 27.2. The summed E-state index contributed by atoms with van der Waals surface area (Å²) >= 11 is 0. The molecule has 1 amide bonds. The Kier molecular flexibility index (Phi) is 7.09. The van der Waals surface area contributed by atoms with Crippen LogP contribution in [0.5, 0.6) is 0 Å². The van der Waals surface area contributed by atoms with Gasteiger partial charge in [0.05, 0.1) is 10.5 Å². The van der Waals surface area contributed by atoms with Crippen LogP contribution in [0.2, 0.25) is 0 Å². The number of hydrogen-bond acceptors (Lipinski definition) is 5. The fourth-order valence-corrected chi connectivity index (χ4v) is 5.72. The Morgan fingerprint density at radius 1 is 0.886 bits per heavy atom. The molecule has 1 aromatic heterocycles. The van der Waals surface area contributed by atoms with Gasteiger partial charge >= 0.3 is 5.97 Å². The summed E-state index contributed by atoms with van der Waals surface area (Å²) in [6.07, 6.45) is 0. The molecule has 0 bridgehead atoms. The molecule has 1 fully saturated rings. The van der Waals surface area contributed by atoms with Gasteiger partial charge in [-0.05, 0) is 51.1 Å². The summed E-state index contributed by atoms with van der Waals surface area (Å²) in [6.45, 7) is 6.24.